The van der Waals surface area contributed by atoms with Crippen molar-refractivity contribution in [1.82, 2.24) is 0 Å². The molecule has 2 N–H and O–H groups in total. The van der Waals surface area contributed by atoms with Crippen LogP contribution in [0.5, 0.6) is 0 Å². The highest BCUT2D eigenvalue weighted by Gasteiger charge is 2.04. The van der Waals surface area contributed by atoms with Gasteiger partial charge in [0.05, 0.1) is 6.61 Å². The van der Waals surface area contributed by atoms with E-state index in [4.69, 9.17) is 10.2 Å². The molecule has 4 heteroatoms. The molecule has 0 fully saturated rings. The Morgan fingerprint density at radius 2 is 2.00 bits per heavy atom. The molecule has 0 atom stereocenters. The van der Waals surface area contributed by atoms with E-state index in [1.807, 2.05) is 0 Å². The highest BCUT2D eigenvalue weighted by molar-refractivity contribution is 5.65. The SMILES string of the molecule is CC(=O)OCCCC(CO)CO. The van der Waals surface area contributed by atoms with Gasteiger partial charge in [0.25, 0.3) is 0 Å². The largest absolute Gasteiger partial charge is 0.466 e. The van der Waals surface area contributed by atoms with Crippen LogP contribution in [0.2, 0.25) is 0 Å². The van der Waals surface area contributed by atoms with E-state index in [-0.39, 0.29) is 25.1 Å². The molecule has 0 aromatic carbocycles. The third kappa shape index (κ3) is 6.12. The maximum atomic E-state index is 10.3. The lowest BCUT2D eigenvalue weighted by Crippen LogP contribution is -2.12. The normalized spacial score (nSPS) is 10.3. The molecule has 72 valence electrons. The molecule has 0 aromatic heterocycles. The number of aliphatic hydroxyl groups excluding tert-OH is 2. The van der Waals surface area contributed by atoms with Gasteiger partial charge in [-0.3, -0.25) is 4.79 Å². The number of hydrogen-bond donors (Lipinski definition) is 2. The van der Waals surface area contributed by atoms with Crippen LogP contribution >= 0.6 is 0 Å². The number of ether oxygens (including phenoxy) is 1. The zero-order valence-corrected chi connectivity index (χ0v) is 7.32. The van der Waals surface area contributed by atoms with Crippen molar-refractivity contribution in [1.29, 1.82) is 0 Å². The van der Waals surface area contributed by atoms with Crippen LogP contribution in [-0.4, -0.2) is 36.0 Å². The van der Waals surface area contributed by atoms with E-state index in [9.17, 15) is 4.79 Å². The second-order valence-corrected chi connectivity index (χ2v) is 2.71. The molecule has 4 nitrogen and oxygen atoms in total. The van der Waals surface area contributed by atoms with Crippen LogP contribution in [0.15, 0.2) is 0 Å². The Kier molecular flexibility index (Phi) is 6.70. The molecule has 0 aliphatic carbocycles. The molecule has 12 heavy (non-hydrogen) atoms. The molecule has 0 aromatic rings. The number of rotatable bonds is 6. The summed E-state index contributed by atoms with van der Waals surface area (Å²) < 4.78 is 4.68. The van der Waals surface area contributed by atoms with Crippen LogP contribution in [0, 0.1) is 5.92 Å². The lowest BCUT2D eigenvalue weighted by Gasteiger charge is -2.09. The Morgan fingerprint density at radius 1 is 1.42 bits per heavy atom. The number of carbonyl (C=O) groups is 1. The van der Waals surface area contributed by atoms with Crippen molar-refractivity contribution >= 4 is 5.97 Å². The summed E-state index contributed by atoms with van der Waals surface area (Å²) in [6.07, 6.45) is 1.37. The first kappa shape index (κ1) is 11.4. The Balaban J connectivity index is 3.23. The topological polar surface area (TPSA) is 66.8 Å². The minimum atomic E-state index is -0.292. The van der Waals surface area contributed by atoms with E-state index in [1.54, 1.807) is 0 Å². The quantitative estimate of drug-likeness (QED) is 0.439. The van der Waals surface area contributed by atoms with Crippen molar-refractivity contribution in [3.8, 4) is 0 Å². The Hall–Kier alpha value is -0.610. The maximum Gasteiger partial charge on any atom is 0.302 e. The van der Waals surface area contributed by atoms with Gasteiger partial charge in [0, 0.05) is 26.1 Å². The standard InChI is InChI=1S/C8H16O4/c1-7(11)12-4-2-3-8(5-9)6-10/h8-10H,2-6H2,1H3. The fourth-order valence-corrected chi connectivity index (χ4v) is 0.828. The van der Waals surface area contributed by atoms with Gasteiger partial charge < -0.3 is 14.9 Å². The Morgan fingerprint density at radius 3 is 2.42 bits per heavy atom. The number of hydrogen-bond acceptors (Lipinski definition) is 4. The fraction of sp³-hybridized carbons (Fsp3) is 0.875. The minimum Gasteiger partial charge on any atom is -0.466 e. The molecule has 0 rings (SSSR count). The molecular weight excluding hydrogens is 160 g/mol. The molecule has 0 aliphatic heterocycles. The molecule has 0 saturated heterocycles. The summed E-state index contributed by atoms with van der Waals surface area (Å²) in [5.41, 5.74) is 0. The smallest absolute Gasteiger partial charge is 0.302 e. The molecule has 0 saturated carbocycles. The minimum absolute atomic E-state index is 0.0173. The maximum absolute atomic E-state index is 10.3. The second-order valence-electron chi connectivity index (χ2n) is 2.71. The van der Waals surface area contributed by atoms with Gasteiger partial charge in [-0.2, -0.15) is 0 Å². The van der Waals surface area contributed by atoms with Crippen LogP contribution in [0.1, 0.15) is 19.8 Å². The van der Waals surface area contributed by atoms with E-state index in [0.717, 1.165) is 0 Å². The number of aliphatic hydroxyl groups is 2. The summed E-state index contributed by atoms with van der Waals surface area (Å²) in [5, 5.41) is 17.3. The molecule has 0 heterocycles. The van der Waals surface area contributed by atoms with Crippen LogP contribution in [0.4, 0.5) is 0 Å². The molecule has 0 radical (unpaired) electrons. The van der Waals surface area contributed by atoms with Gasteiger partial charge in [-0.15, -0.1) is 0 Å². The van der Waals surface area contributed by atoms with E-state index < -0.39 is 0 Å². The first-order valence-corrected chi connectivity index (χ1v) is 4.05. The summed E-state index contributed by atoms with van der Waals surface area (Å²) in [4.78, 5) is 10.3. The van der Waals surface area contributed by atoms with Crippen molar-refractivity contribution in [2.24, 2.45) is 5.92 Å². The fourth-order valence-electron chi connectivity index (χ4n) is 0.828. The molecular formula is C8H16O4. The van der Waals surface area contributed by atoms with Gasteiger partial charge in [0.2, 0.25) is 0 Å². The number of carbonyl (C=O) groups excluding carboxylic acids is 1. The van der Waals surface area contributed by atoms with Gasteiger partial charge in [-0.1, -0.05) is 0 Å². The summed E-state index contributed by atoms with van der Waals surface area (Å²) >= 11 is 0. The Labute approximate surface area is 72.2 Å². The van der Waals surface area contributed by atoms with Crippen molar-refractivity contribution in [3.63, 3.8) is 0 Å². The highest BCUT2D eigenvalue weighted by Crippen LogP contribution is 2.04. The average molecular weight is 176 g/mol. The van der Waals surface area contributed by atoms with Crippen molar-refractivity contribution in [3.05, 3.63) is 0 Å². The third-order valence-corrected chi connectivity index (χ3v) is 1.58. The van der Waals surface area contributed by atoms with E-state index >= 15 is 0 Å². The lowest BCUT2D eigenvalue weighted by molar-refractivity contribution is -0.141. The second kappa shape index (κ2) is 7.06. The summed E-state index contributed by atoms with van der Waals surface area (Å²) in [6, 6.07) is 0. The molecule has 0 aliphatic rings. The highest BCUT2D eigenvalue weighted by atomic mass is 16.5. The monoisotopic (exact) mass is 176 g/mol. The van der Waals surface area contributed by atoms with Crippen LogP contribution < -0.4 is 0 Å². The zero-order valence-electron chi connectivity index (χ0n) is 7.32. The first-order valence-electron chi connectivity index (χ1n) is 4.05. The van der Waals surface area contributed by atoms with Gasteiger partial charge in [-0.05, 0) is 12.8 Å². The third-order valence-electron chi connectivity index (χ3n) is 1.58. The predicted molar refractivity (Wildman–Crippen MR) is 43.5 cm³/mol. The molecule has 0 bridgehead atoms. The molecule has 0 amide bonds. The van der Waals surface area contributed by atoms with Crippen LogP contribution in [-0.2, 0) is 9.53 Å². The van der Waals surface area contributed by atoms with Gasteiger partial charge in [0.1, 0.15) is 0 Å². The molecule has 0 spiro atoms. The van der Waals surface area contributed by atoms with E-state index in [1.165, 1.54) is 6.92 Å². The van der Waals surface area contributed by atoms with E-state index in [0.29, 0.717) is 19.4 Å². The van der Waals surface area contributed by atoms with Crippen LogP contribution in [0.3, 0.4) is 0 Å². The van der Waals surface area contributed by atoms with Crippen molar-refractivity contribution in [2.45, 2.75) is 19.8 Å². The zero-order chi connectivity index (χ0) is 9.40. The summed E-state index contributed by atoms with van der Waals surface area (Å²) in [7, 11) is 0. The van der Waals surface area contributed by atoms with Crippen molar-refractivity contribution in [2.75, 3.05) is 19.8 Å². The lowest BCUT2D eigenvalue weighted by atomic mass is 10.1. The summed E-state index contributed by atoms with van der Waals surface area (Å²) in [6.45, 7) is 1.69. The number of esters is 1. The van der Waals surface area contributed by atoms with Gasteiger partial charge >= 0.3 is 5.97 Å². The predicted octanol–water partition coefficient (Wildman–Crippen LogP) is -0.0695. The molecule has 0 unspecified atom stereocenters. The van der Waals surface area contributed by atoms with Crippen LogP contribution in [0.25, 0.3) is 0 Å². The van der Waals surface area contributed by atoms with Gasteiger partial charge in [-0.25, -0.2) is 0 Å². The average Bonchev–Trinajstić information content (AvgIpc) is 2.04. The van der Waals surface area contributed by atoms with Gasteiger partial charge in [0.15, 0.2) is 0 Å². The first-order chi connectivity index (χ1) is 5.70. The van der Waals surface area contributed by atoms with Crippen molar-refractivity contribution < 1.29 is 19.7 Å². The Bertz CT molecular complexity index is 120. The van der Waals surface area contributed by atoms with E-state index in [2.05, 4.69) is 4.74 Å². The summed E-state index contributed by atoms with van der Waals surface area (Å²) in [5.74, 6) is -0.375.